The molecule has 0 aliphatic rings. The molecule has 29 heavy (non-hydrogen) atoms. The minimum atomic E-state index is -3.77. The molecule has 0 aliphatic heterocycles. The van der Waals surface area contributed by atoms with Gasteiger partial charge in [0.25, 0.3) is 5.91 Å². The maximum Gasteiger partial charge on any atom is 0.261 e. The van der Waals surface area contributed by atoms with Crippen LogP contribution in [0.3, 0.4) is 0 Å². The van der Waals surface area contributed by atoms with Gasteiger partial charge in [0.2, 0.25) is 15.9 Å². The number of rotatable bonds is 9. The maximum atomic E-state index is 12.4. The van der Waals surface area contributed by atoms with Crippen LogP contribution < -0.4 is 15.4 Å². The van der Waals surface area contributed by atoms with Crippen LogP contribution in [-0.2, 0) is 21.4 Å². The van der Waals surface area contributed by atoms with Crippen LogP contribution in [-0.4, -0.2) is 26.8 Å². The van der Waals surface area contributed by atoms with Gasteiger partial charge < -0.3 is 15.1 Å². The van der Waals surface area contributed by atoms with Crippen molar-refractivity contribution in [1.82, 2.24) is 10.0 Å². The van der Waals surface area contributed by atoms with E-state index in [2.05, 4.69) is 15.4 Å². The Morgan fingerprint density at radius 3 is 2.66 bits per heavy atom. The van der Waals surface area contributed by atoms with Crippen molar-refractivity contribution in [1.29, 1.82) is 0 Å². The summed E-state index contributed by atoms with van der Waals surface area (Å²) in [6, 6.07) is 12.7. The van der Waals surface area contributed by atoms with E-state index in [1.54, 1.807) is 35.7 Å². The Balaban J connectivity index is 1.52. The summed E-state index contributed by atoms with van der Waals surface area (Å²) in [5, 5.41) is 7.10. The molecule has 3 N–H and O–H groups in total. The van der Waals surface area contributed by atoms with Gasteiger partial charge >= 0.3 is 0 Å². The Morgan fingerprint density at radius 2 is 1.93 bits per heavy atom. The number of carbonyl (C=O) groups excluding carboxylic acids is 2. The van der Waals surface area contributed by atoms with Crippen molar-refractivity contribution < 1.29 is 22.4 Å². The Labute approximate surface area is 172 Å². The average molecular weight is 434 g/mol. The molecule has 0 radical (unpaired) electrons. The molecule has 8 nitrogen and oxygen atoms in total. The summed E-state index contributed by atoms with van der Waals surface area (Å²) >= 11 is 1.32. The van der Waals surface area contributed by atoms with Crippen LogP contribution >= 0.6 is 11.3 Å². The second kappa shape index (κ2) is 9.50. The van der Waals surface area contributed by atoms with E-state index in [1.165, 1.54) is 35.8 Å². The van der Waals surface area contributed by atoms with E-state index in [9.17, 15) is 18.0 Å². The number of sulfonamides is 1. The number of carbonyl (C=O) groups is 2. The molecule has 2 heterocycles. The second-order valence-corrected chi connectivity index (χ2v) is 8.68. The van der Waals surface area contributed by atoms with Crippen molar-refractivity contribution in [3.05, 3.63) is 70.8 Å². The van der Waals surface area contributed by atoms with Gasteiger partial charge in [0.15, 0.2) is 0 Å². The molecule has 0 aliphatic carbocycles. The quantitative estimate of drug-likeness (QED) is 0.479. The predicted molar refractivity (Wildman–Crippen MR) is 109 cm³/mol. The smallest absolute Gasteiger partial charge is 0.261 e. The van der Waals surface area contributed by atoms with Crippen LogP contribution in [0.5, 0.6) is 0 Å². The van der Waals surface area contributed by atoms with Gasteiger partial charge in [0.1, 0.15) is 5.76 Å². The first-order valence-corrected chi connectivity index (χ1v) is 11.0. The number of amides is 2. The highest BCUT2D eigenvalue weighted by Crippen LogP contribution is 2.16. The van der Waals surface area contributed by atoms with E-state index in [-0.39, 0.29) is 36.2 Å². The highest BCUT2D eigenvalue weighted by Gasteiger charge is 2.15. The first-order chi connectivity index (χ1) is 13.9. The molecule has 0 atom stereocenters. The minimum absolute atomic E-state index is 0.0212. The summed E-state index contributed by atoms with van der Waals surface area (Å²) in [4.78, 5) is 24.5. The van der Waals surface area contributed by atoms with Crippen LogP contribution in [0.2, 0.25) is 0 Å². The molecule has 0 unspecified atom stereocenters. The van der Waals surface area contributed by atoms with Gasteiger partial charge in [-0.05, 0) is 41.8 Å². The van der Waals surface area contributed by atoms with Gasteiger partial charge in [-0.1, -0.05) is 12.1 Å². The fraction of sp³-hybridized carbons (Fsp3) is 0.158. The number of thiophene rings is 1. The topological polar surface area (TPSA) is 118 Å². The normalized spacial score (nSPS) is 11.2. The summed E-state index contributed by atoms with van der Waals surface area (Å²) in [5.74, 6) is -0.0827. The number of nitrogens with one attached hydrogen (secondary N) is 3. The van der Waals surface area contributed by atoms with Gasteiger partial charge in [0, 0.05) is 18.7 Å². The second-order valence-electron chi connectivity index (χ2n) is 5.96. The Morgan fingerprint density at radius 1 is 1.07 bits per heavy atom. The molecule has 2 aromatic heterocycles. The van der Waals surface area contributed by atoms with Gasteiger partial charge in [-0.2, -0.15) is 0 Å². The largest absolute Gasteiger partial charge is 0.468 e. The number of hydrogen-bond donors (Lipinski definition) is 3. The molecule has 152 valence electrons. The molecule has 3 rings (SSSR count). The highest BCUT2D eigenvalue weighted by molar-refractivity contribution is 7.89. The summed E-state index contributed by atoms with van der Waals surface area (Å²) in [6.07, 6.45) is 1.52. The Bertz CT molecular complexity index is 1060. The molecule has 0 spiro atoms. The van der Waals surface area contributed by atoms with Crippen LogP contribution in [0.25, 0.3) is 0 Å². The van der Waals surface area contributed by atoms with E-state index >= 15 is 0 Å². The van der Waals surface area contributed by atoms with Crippen LogP contribution in [0, 0.1) is 0 Å². The van der Waals surface area contributed by atoms with Gasteiger partial charge in [-0.15, -0.1) is 11.3 Å². The molecule has 0 fully saturated rings. The number of furan rings is 1. The molecular formula is C19H19N3O5S2. The predicted octanol–water partition coefficient (Wildman–Crippen LogP) is 2.58. The van der Waals surface area contributed by atoms with Crippen LogP contribution in [0.4, 0.5) is 5.69 Å². The van der Waals surface area contributed by atoms with Crippen molar-refractivity contribution in [2.75, 3.05) is 11.9 Å². The van der Waals surface area contributed by atoms with Crippen molar-refractivity contribution in [3.63, 3.8) is 0 Å². The molecule has 0 bridgehead atoms. The lowest BCUT2D eigenvalue weighted by molar-refractivity contribution is -0.116. The first kappa shape index (κ1) is 20.8. The molecule has 10 heteroatoms. The third kappa shape index (κ3) is 6.01. The van der Waals surface area contributed by atoms with Crippen LogP contribution in [0.15, 0.2) is 69.5 Å². The third-order valence-electron chi connectivity index (χ3n) is 3.83. The van der Waals surface area contributed by atoms with E-state index < -0.39 is 10.0 Å². The van der Waals surface area contributed by atoms with Gasteiger partial charge in [-0.25, -0.2) is 13.1 Å². The molecular weight excluding hydrogens is 414 g/mol. The van der Waals surface area contributed by atoms with Crippen molar-refractivity contribution >= 4 is 38.9 Å². The first-order valence-electron chi connectivity index (χ1n) is 8.68. The monoisotopic (exact) mass is 433 g/mol. The fourth-order valence-electron chi connectivity index (χ4n) is 2.41. The summed E-state index contributed by atoms with van der Waals surface area (Å²) in [6.45, 7) is 0.196. The molecule has 3 aromatic rings. The lowest BCUT2D eigenvalue weighted by Gasteiger charge is -2.09. The zero-order chi connectivity index (χ0) is 20.7. The van der Waals surface area contributed by atoms with Crippen molar-refractivity contribution in [2.45, 2.75) is 17.9 Å². The summed E-state index contributed by atoms with van der Waals surface area (Å²) < 4.78 is 32.4. The molecule has 0 saturated heterocycles. The lowest BCUT2D eigenvalue weighted by atomic mass is 10.3. The standard InChI is InChI=1S/C19H19N3O5S2/c23-18(8-9-20-19(24)17-7-3-11-28-17)22-14-4-1-6-16(12-14)29(25,26)21-13-15-5-2-10-27-15/h1-7,10-12,21H,8-9,13H2,(H,20,24)(H,22,23). The number of hydrogen-bond acceptors (Lipinski definition) is 6. The van der Waals surface area contributed by atoms with Gasteiger partial charge in [-0.3, -0.25) is 9.59 Å². The Hall–Kier alpha value is -2.95. The van der Waals surface area contributed by atoms with E-state index in [0.717, 1.165) is 0 Å². The summed E-state index contributed by atoms with van der Waals surface area (Å²) in [5.41, 5.74) is 0.348. The third-order valence-corrected chi connectivity index (χ3v) is 6.09. The van der Waals surface area contributed by atoms with Crippen molar-refractivity contribution in [3.8, 4) is 0 Å². The molecule has 1 aromatic carbocycles. The zero-order valence-electron chi connectivity index (χ0n) is 15.3. The zero-order valence-corrected chi connectivity index (χ0v) is 16.9. The van der Waals surface area contributed by atoms with Crippen LogP contribution in [0.1, 0.15) is 21.9 Å². The summed E-state index contributed by atoms with van der Waals surface area (Å²) in [7, 11) is -3.77. The fourth-order valence-corrected chi connectivity index (χ4v) is 4.09. The minimum Gasteiger partial charge on any atom is -0.468 e. The lowest BCUT2D eigenvalue weighted by Crippen LogP contribution is -2.27. The number of benzene rings is 1. The maximum absolute atomic E-state index is 12.4. The molecule has 0 saturated carbocycles. The van der Waals surface area contributed by atoms with Gasteiger partial charge in [0.05, 0.1) is 22.6 Å². The SMILES string of the molecule is O=C(CCNC(=O)c1cccs1)Nc1cccc(S(=O)(=O)NCc2ccco2)c1. The van der Waals surface area contributed by atoms with Crippen molar-refractivity contribution in [2.24, 2.45) is 0 Å². The van der Waals surface area contributed by atoms with E-state index in [1.807, 2.05) is 0 Å². The Kier molecular flexibility index (Phi) is 6.81. The highest BCUT2D eigenvalue weighted by atomic mass is 32.2. The van der Waals surface area contributed by atoms with E-state index in [0.29, 0.717) is 16.3 Å². The number of anilines is 1. The van der Waals surface area contributed by atoms with E-state index in [4.69, 9.17) is 4.42 Å². The molecule has 2 amide bonds. The average Bonchev–Trinajstić information content (AvgIpc) is 3.40.